The first kappa shape index (κ1) is 15.3. The van der Waals surface area contributed by atoms with E-state index in [1.165, 1.54) is 0 Å². The zero-order valence-electron chi connectivity index (χ0n) is 11.8. The van der Waals surface area contributed by atoms with Crippen molar-refractivity contribution >= 4 is 5.91 Å². The summed E-state index contributed by atoms with van der Waals surface area (Å²) in [6.07, 6.45) is 1.94. The van der Waals surface area contributed by atoms with Gasteiger partial charge in [-0.3, -0.25) is 4.79 Å². The van der Waals surface area contributed by atoms with Crippen LogP contribution in [0, 0.1) is 11.8 Å². The maximum absolute atomic E-state index is 12.4. The molecule has 0 spiro atoms. The van der Waals surface area contributed by atoms with Crippen molar-refractivity contribution in [3.05, 3.63) is 35.4 Å². The Labute approximate surface area is 115 Å². The maximum Gasteiger partial charge on any atom is 0.253 e. The SMILES string of the molecule is CCCN(CCC)C(=O)c1cccc(C#CCN)c1. The minimum Gasteiger partial charge on any atom is -0.339 e. The summed E-state index contributed by atoms with van der Waals surface area (Å²) >= 11 is 0. The van der Waals surface area contributed by atoms with E-state index in [4.69, 9.17) is 5.73 Å². The van der Waals surface area contributed by atoms with E-state index in [1.54, 1.807) is 0 Å². The molecule has 1 aromatic rings. The predicted octanol–water partition coefficient (Wildman–Crippen LogP) is 2.26. The van der Waals surface area contributed by atoms with Crippen LogP contribution >= 0.6 is 0 Å². The molecule has 1 rings (SSSR count). The molecule has 2 N–H and O–H groups in total. The van der Waals surface area contributed by atoms with Gasteiger partial charge in [-0.05, 0) is 31.0 Å². The van der Waals surface area contributed by atoms with Crippen molar-refractivity contribution in [2.75, 3.05) is 19.6 Å². The van der Waals surface area contributed by atoms with E-state index in [1.807, 2.05) is 29.2 Å². The van der Waals surface area contributed by atoms with Gasteiger partial charge in [0.2, 0.25) is 0 Å². The molecule has 0 aliphatic heterocycles. The molecule has 19 heavy (non-hydrogen) atoms. The molecule has 1 amide bonds. The third-order valence-electron chi connectivity index (χ3n) is 2.72. The number of hydrogen-bond acceptors (Lipinski definition) is 2. The molecular weight excluding hydrogens is 236 g/mol. The third kappa shape index (κ3) is 4.76. The molecule has 0 bridgehead atoms. The minimum atomic E-state index is 0.0834. The molecule has 0 aromatic heterocycles. The van der Waals surface area contributed by atoms with Crippen LogP contribution in [-0.2, 0) is 0 Å². The monoisotopic (exact) mass is 258 g/mol. The van der Waals surface area contributed by atoms with Gasteiger partial charge in [0.25, 0.3) is 5.91 Å². The molecular formula is C16H22N2O. The van der Waals surface area contributed by atoms with Gasteiger partial charge in [-0.25, -0.2) is 0 Å². The van der Waals surface area contributed by atoms with Crippen molar-refractivity contribution in [3.63, 3.8) is 0 Å². The number of rotatable bonds is 5. The fraction of sp³-hybridized carbons (Fsp3) is 0.438. The van der Waals surface area contributed by atoms with Crippen LogP contribution < -0.4 is 5.73 Å². The summed E-state index contributed by atoms with van der Waals surface area (Å²) in [6.45, 7) is 6.09. The molecule has 0 unspecified atom stereocenters. The maximum atomic E-state index is 12.4. The zero-order chi connectivity index (χ0) is 14.1. The lowest BCUT2D eigenvalue weighted by Gasteiger charge is -2.21. The van der Waals surface area contributed by atoms with Gasteiger partial charge in [-0.2, -0.15) is 0 Å². The molecule has 0 atom stereocenters. The van der Waals surface area contributed by atoms with Gasteiger partial charge in [-0.1, -0.05) is 31.8 Å². The number of nitrogens with zero attached hydrogens (tertiary/aromatic N) is 1. The van der Waals surface area contributed by atoms with E-state index in [0.717, 1.165) is 31.5 Å². The molecule has 0 aliphatic rings. The van der Waals surface area contributed by atoms with Crippen LogP contribution in [0.4, 0.5) is 0 Å². The van der Waals surface area contributed by atoms with Crippen molar-refractivity contribution in [3.8, 4) is 11.8 Å². The summed E-state index contributed by atoms with van der Waals surface area (Å²) in [5, 5.41) is 0. The number of carbonyl (C=O) groups excluding carboxylic acids is 1. The van der Waals surface area contributed by atoms with Crippen molar-refractivity contribution in [1.82, 2.24) is 4.90 Å². The van der Waals surface area contributed by atoms with Crippen molar-refractivity contribution in [2.24, 2.45) is 5.73 Å². The lowest BCUT2D eigenvalue weighted by atomic mass is 10.1. The highest BCUT2D eigenvalue weighted by Gasteiger charge is 2.13. The topological polar surface area (TPSA) is 46.3 Å². The Hall–Kier alpha value is -1.79. The molecule has 1 aromatic carbocycles. The van der Waals surface area contributed by atoms with Crippen LogP contribution in [0.2, 0.25) is 0 Å². The summed E-state index contributed by atoms with van der Waals surface area (Å²) in [7, 11) is 0. The summed E-state index contributed by atoms with van der Waals surface area (Å²) in [5.74, 6) is 5.84. The Morgan fingerprint density at radius 2 is 1.95 bits per heavy atom. The normalized spacial score (nSPS) is 9.63. The van der Waals surface area contributed by atoms with Gasteiger partial charge in [0.1, 0.15) is 0 Å². The molecule has 0 saturated carbocycles. The van der Waals surface area contributed by atoms with E-state index in [9.17, 15) is 4.79 Å². The highest BCUT2D eigenvalue weighted by atomic mass is 16.2. The number of benzene rings is 1. The first-order chi connectivity index (χ1) is 9.22. The summed E-state index contributed by atoms with van der Waals surface area (Å²) in [6, 6.07) is 7.44. The van der Waals surface area contributed by atoms with E-state index in [0.29, 0.717) is 12.1 Å². The van der Waals surface area contributed by atoms with Gasteiger partial charge >= 0.3 is 0 Å². The Kier molecular flexibility index (Phi) is 6.70. The Bertz CT molecular complexity index is 465. The standard InChI is InChI=1S/C16H22N2O/c1-3-11-18(12-4-2)16(19)15-9-5-7-14(13-15)8-6-10-17/h5,7,9,13H,3-4,10-12,17H2,1-2H3. The predicted molar refractivity (Wildman–Crippen MR) is 78.9 cm³/mol. The Morgan fingerprint density at radius 3 is 2.53 bits per heavy atom. The van der Waals surface area contributed by atoms with E-state index < -0.39 is 0 Å². The molecule has 0 saturated heterocycles. The van der Waals surface area contributed by atoms with E-state index in [2.05, 4.69) is 25.7 Å². The zero-order valence-corrected chi connectivity index (χ0v) is 11.8. The number of amides is 1. The lowest BCUT2D eigenvalue weighted by Crippen LogP contribution is -2.32. The van der Waals surface area contributed by atoms with Gasteiger partial charge in [-0.15, -0.1) is 0 Å². The molecule has 0 radical (unpaired) electrons. The highest BCUT2D eigenvalue weighted by Crippen LogP contribution is 2.09. The summed E-state index contributed by atoms with van der Waals surface area (Å²) in [4.78, 5) is 14.3. The van der Waals surface area contributed by atoms with Gasteiger partial charge < -0.3 is 10.6 Å². The smallest absolute Gasteiger partial charge is 0.253 e. The Morgan fingerprint density at radius 1 is 1.26 bits per heavy atom. The third-order valence-corrected chi connectivity index (χ3v) is 2.72. The second-order valence-electron chi connectivity index (χ2n) is 4.38. The fourth-order valence-electron chi connectivity index (χ4n) is 1.92. The first-order valence-corrected chi connectivity index (χ1v) is 6.81. The number of carbonyl (C=O) groups is 1. The summed E-state index contributed by atoms with van der Waals surface area (Å²) in [5.41, 5.74) is 6.89. The van der Waals surface area contributed by atoms with Crippen LogP contribution in [0.5, 0.6) is 0 Å². The van der Waals surface area contributed by atoms with Crippen molar-refractivity contribution < 1.29 is 4.79 Å². The van der Waals surface area contributed by atoms with E-state index >= 15 is 0 Å². The quantitative estimate of drug-likeness (QED) is 0.823. The molecule has 3 heteroatoms. The van der Waals surface area contributed by atoms with E-state index in [-0.39, 0.29) is 5.91 Å². The summed E-state index contributed by atoms with van der Waals surface area (Å²) < 4.78 is 0. The van der Waals surface area contributed by atoms with Crippen LogP contribution in [0.15, 0.2) is 24.3 Å². The van der Waals surface area contributed by atoms with Crippen LogP contribution in [0.3, 0.4) is 0 Å². The average Bonchev–Trinajstić information content (AvgIpc) is 2.44. The minimum absolute atomic E-state index is 0.0834. The first-order valence-electron chi connectivity index (χ1n) is 6.81. The van der Waals surface area contributed by atoms with Crippen LogP contribution in [0.25, 0.3) is 0 Å². The van der Waals surface area contributed by atoms with Crippen LogP contribution in [-0.4, -0.2) is 30.4 Å². The number of hydrogen-bond donors (Lipinski definition) is 1. The van der Waals surface area contributed by atoms with Gasteiger partial charge in [0, 0.05) is 24.2 Å². The molecule has 0 aliphatic carbocycles. The molecule has 3 nitrogen and oxygen atoms in total. The van der Waals surface area contributed by atoms with Crippen molar-refractivity contribution in [2.45, 2.75) is 26.7 Å². The van der Waals surface area contributed by atoms with Crippen LogP contribution in [0.1, 0.15) is 42.6 Å². The van der Waals surface area contributed by atoms with Gasteiger partial charge in [0.05, 0.1) is 6.54 Å². The average molecular weight is 258 g/mol. The largest absolute Gasteiger partial charge is 0.339 e. The number of nitrogens with two attached hydrogens (primary N) is 1. The lowest BCUT2D eigenvalue weighted by molar-refractivity contribution is 0.0755. The second-order valence-corrected chi connectivity index (χ2v) is 4.38. The molecule has 102 valence electrons. The highest BCUT2D eigenvalue weighted by molar-refractivity contribution is 5.94. The van der Waals surface area contributed by atoms with Gasteiger partial charge in [0.15, 0.2) is 0 Å². The Balaban J connectivity index is 2.91. The molecule has 0 heterocycles. The van der Waals surface area contributed by atoms with Crippen molar-refractivity contribution in [1.29, 1.82) is 0 Å². The fourth-order valence-corrected chi connectivity index (χ4v) is 1.92. The second kappa shape index (κ2) is 8.34. The molecule has 0 fully saturated rings.